The van der Waals surface area contributed by atoms with E-state index in [2.05, 4.69) is 15.5 Å². The number of carbonyl (C=O) groups excluding carboxylic acids is 1. The standard InChI is InChI=1S/C16H22ClN3O/c17-12-3-5-13(6-4-12)19-16(21)11-20(15-7-8-15)10-14-2-1-9-18-14/h3-6,14-15,18H,1-2,7-11H2,(H,19,21). The molecule has 2 N–H and O–H groups in total. The lowest BCUT2D eigenvalue weighted by molar-refractivity contribution is -0.117. The quantitative estimate of drug-likeness (QED) is 0.849. The van der Waals surface area contributed by atoms with Crippen LogP contribution >= 0.6 is 11.6 Å². The number of rotatable bonds is 6. The van der Waals surface area contributed by atoms with Crippen LogP contribution in [0.2, 0.25) is 5.02 Å². The van der Waals surface area contributed by atoms with E-state index in [1.54, 1.807) is 12.1 Å². The highest BCUT2D eigenvalue weighted by Gasteiger charge is 2.32. The molecule has 0 aromatic heterocycles. The minimum atomic E-state index is 0.0576. The van der Waals surface area contributed by atoms with Crippen LogP contribution in [0.15, 0.2) is 24.3 Å². The summed E-state index contributed by atoms with van der Waals surface area (Å²) in [6.07, 6.45) is 4.92. The van der Waals surface area contributed by atoms with E-state index < -0.39 is 0 Å². The Balaban J connectivity index is 1.52. The van der Waals surface area contributed by atoms with E-state index in [-0.39, 0.29) is 5.91 Å². The maximum Gasteiger partial charge on any atom is 0.238 e. The zero-order valence-corrected chi connectivity index (χ0v) is 12.9. The average molecular weight is 308 g/mol. The van der Waals surface area contributed by atoms with Gasteiger partial charge in [-0.15, -0.1) is 0 Å². The molecule has 0 radical (unpaired) electrons. The van der Waals surface area contributed by atoms with E-state index in [4.69, 9.17) is 11.6 Å². The second-order valence-corrected chi connectivity index (χ2v) is 6.45. The van der Waals surface area contributed by atoms with E-state index >= 15 is 0 Å². The molecule has 1 aliphatic carbocycles. The number of benzene rings is 1. The number of halogens is 1. The second-order valence-electron chi connectivity index (χ2n) is 6.01. The molecule has 1 atom stereocenters. The van der Waals surface area contributed by atoms with Crippen LogP contribution in [0.3, 0.4) is 0 Å². The van der Waals surface area contributed by atoms with Crippen molar-refractivity contribution in [1.29, 1.82) is 0 Å². The van der Waals surface area contributed by atoms with E-state index in [0.29, 0.717) is 23.7 Å². The Morgan fingerprint density at radius 2 is 2.05 bits per heavy atom. The summed E-state index contributed by atoms with van der Waals surface area (Å²) in [7, 11) is 0. The number of nitrogens with one attached hydrogen (secondary N) is 2. The van der Waals surface area contributed by atoms with Gasteiger partial charge in [-0.25, -0.2) is 0 Å². The third-order valence-electron chi connectivity index (χ3n) is 4.16. The molecular weight excluding hydrogens is 286 g/mol. The van der Waals surface area contributed by atoms with Gasteiger partial charge >= 0.3 is 0 Å². The molecule has 1 aliphatic heterocycles. The molecule has 1 heterocycles. The van der Waals surface area contributed by atoms with Gasteiger partial charge in [-0.3, -0.25) is 9.69 Å². The third kappa shape index (κ3) is 4.43. The average Bonchev–Trinajstić information content (AvgIpc) is 3.19. The predicted octanol–water partition coefficient (Wildman–Crippen LogP) is 2.49. The molecule has 4 nitrogen and oxygen atoms in total. The van der Waals surface area contributed by atoms with Gasteiger partial charge in [0.1, 0.15) is 0 Å². The molecule has 1 aromatic rings. The van der Waals surface area contributed by atoms with E-state index in [0.717, 1.165) is 18.8 Å². The van der Waals surface area contributed by atoms with Crippen LogP contribution in [0.25, 0.3) is 0 Å². The molecular formula is C16H22ClN3O. The summed E-state index contributed by atoms with van der Waals surface area (Å²) in [4.78, 5) is 14.5. The Bertz CT molecular complexity index is 481. The van der Waals surface area contributed by atoms with Crippen LogP contribution in [-0.2, 0) is 4.79 Å². The third-order valence-corrected chi connectivity index (χ3v) is 4.41. The first kappa shape index (κ1) is 14.8. The second kappa shape index (κ2) is 6.77. The zero-order chi connectivity index (χ0) is 14.7. The van der Waals surface area contributed by atoms with Gasteiger partial charge in [0, 0.05) is 29.3 Å². The van der Waals surface area contributed by atoms with Crippen LogP contribution in [-0.4, -0.2) is 42.5 Å². The topological polar surface area (TPSA) is 44.4 Å². The lowest BCUT2D eigenvalue weighted by atomic mass is 10.2. The largest absolute Gasteiger partial charge is 0.325 e. The van der Waals surface area contributed by atoms with Gasteiger partial charge in [0.15, 0.2) is 0 Å². The maximum atomic E-state index is 12.2. The van der Waals surface area contributed by atoms with Gasteiger partial charge in [-0.05, 0) is 56.5 Å². The first-order valence-corrected chi connectivity index (χ1v) is 8.11. The van der Waals surface area contributed by atoms with E-state index in [1.807, 2.05) is 12.1 Å². The Hall–Kier alpha value is -1.10. The van der Waals surface area contributed by atoms with Crippen molar-refractivity contribution in [3.05, 3.63) is 29.3 Å². The Morgan fingerprint density at radius 1 is 1.29 bits per heavy atom. The molecule has 1 saturated carbocycles. The minimum absolute atomic E-state index is 0.0576. The lowest BCUT2D eigenvalue weighted by Gasteiger charge is -2.24. The van der Waals surface area contributed by atoms with Crippen molar-refractivity contribution in [2.45, 2.75) is 37.8 Å². The van der Waals surface area contributed by atoms with Crippen molar-refractivity contribution in [3.8, 4) is 0 Å². The van der Waals surface area contributed by atoms with Gasteiger partial charge < -0.3 is 10.6 Å². The Labute approximate surface area is 130 Å². The number of anilines is 1. The van der Waals surface area contributed by atoms with Crippen LogP contribution < -0.4 is 10.6 Å². The number of nitrogens with zero attached hydrogens (tertiary/aromatic N) is 1. The summed E-state index contributed by atoms with van der Waals surface area (Å²) in [5, 5.41) is 7.14. The molecule has 21 heavy (non-hydrogen) atoms. The van der Waals surface area contributed by atoms with Gasteiger partial charge in [0.2, 0.25) is 5.91 Å². The highest BCUT2D eigenvalue weighted by atomic mass is 35.5. The first-order chi connectivity index (χ1) is 10.2. The molecule has 114 valence electrons. The summed E-state index contributed by atoms with van der Waals surface area (Å²) in [5.41, 5.74) is 0.805. The van der Waals surface area contributed by atoms with Crippen molar-refractivity contribution >= 4 is 23.2 Å². The van der Waals surface area contributed by atoms with Crippen molar-refractivity contribution in [2.24, 2.45) is 0 Å². The molecule has 1 unspecified atom stereocenters. The number of hydrogen-bond acceptors (Lipinski definition) is 3. The van der Waals surface area contributed by atoms with Crippen molar-refractivity contribution in [3.63, 3.8) is 0 Å². The van der Waals surface area contributed by atoms with Gasteiger partial charge in [0.05, 0.1) is 6.54 Å². The fourth-order valence-corrected chi connectivity index (χ4v) is 3.02. The first-order valence-electron chi connectivity index (χ1n) is 7.73. The molecule has 1 saturated heterocycles. The zero-order valence-electron chi connectivity index (χ0n) is 12.1. The molecule has 5 heteroatoms. The molecule has 1 amide bonds. The number of amides is 1. The fraction of sp³-hybridized carbons (Fsp3) is 0.562. The SMILES string of the molecule is O=C(CN(CC1CCCN1)C1CC1)Nc1ccc(Cl)cc1. The highest BCUT2D eigenvalue weighted by molar-refractivity contribution is 6.30. The van der Waals surface area contributed by atoms with Crippen LogP contribution in [0.5, 0.6) is 0 Å². The summed E-state index contributed by atoms with van der Waals surface area (Å²) in [6.45, 7) is 2.57. The van der Waals surface area contributed by atoms with Gasteiger partial charge in [-0.1, -0.05) is 11.6 Å². The molecule has 0 spiro atoms. The Morgan fingerprint density at radius 3 is 2.67 bits per heavy atom. The number of carbonyl (C=O) groups is 1. The molecule has 2 fully saturated rings. The Kier molecular flexibility index (Phi) is 4.78. The van der Waals surface area contributed by atoms with Gasteiger partial charge in [-0.2, -0.15) is 0 Å². The van der Waals surface area contributed by atoms with Crippen LogP contribution in [0.4, 0.5) is 5.69 Å². The van der Waals surface area contributed by atoms with E-state index in [9.17, 15) is 4.79 Å². The summed E-state index contributed by atoms with van der Waals surface area (Å²) in [6, 6.07) is 8.40. The van der Waals surface area contributed by atoms with Crippen molar-refractivity contribution < 1.29 is 4.79 Å². The monoisotopic (exact) mass is 307 g/mol. The predicted molar refractivity (Wildman–Crippen MR) is 85.7 cm³/mol. The lowest BCUT2D eigenvalue weighted by Crippen LogP contribution is -2.42. The molecule has 3 rings (SSSR count). The molecule has 0 bridgehead atoms. The fourth-order valence-electron chi connectivity index (χ4n) is 2.90. The normalized spacial score (nSPS) is 21.7. The summed E-state index contributed by atoms with van der Waals surface area (Å²) >= 11 is 5.85. The summed E-state index contributed by atoms with van der Waals surface area (Å²) in [5.74, 6) is 0.0576. The van der Waals surface area contributed by atoms with Gasteiger partial charge in [0.25, 0.3) is 0 Å². The molecule has 1 aromatic carbocycles. The van der Waals surface area contributed by atoms with Crippen molar-refractivity contribution in [1.82, 2.24) is 10.2 Å². The highest BCUT2D eigenvalue weighted by Crippen LogP contribution is 2.27. The maximum absolute atomic E-state index is 12.2. The minimum Gasteiger partial charge on any atom is -0.325 e. The van der Waals surface area contributed by atoms with Crippen LogP contribution in [0.1, 0.15) is 25.7 Å². The molecule has 2 aliphatic rings. The smallest absolute Gasteiger partial charge is 0.238 e. The van der Waals surface area contributed by atoms with E-state index in [1.165, 1.54) is 25.7 Å². The van der Waals surface area contributed by atoms with Crippen LogP contribution in [0, 0.1) is 0 Å². The van der Waals surface area contributed by atoms with Crippen molar-refractivity contribution in [2.75, 3.05) is 25.0 Å². The number of hydrogen-bond donors (Lipinski definition) is 2. The summed E-state index contributed by atoms with van der Waals surface area (Å²) < 4.78 is 0.